The van der Waals surface area contributed by atoms with E-state index >= 15 is 0 Å². The van der Waals surface area contributed by atoms with Crippen LogP contribution in [0.3, 0.4) is 0 Å². The van der Waals surface area contributed by atoms with Gasteiger partial charge in [-0.2, -0.15) is 0 Å². The molecule has 0 spiro atoms. The summed E-state index contributed by atoms with van der Waals surface area (Å²) in [5, 5.41) is 0.667. The maximum Gasteiger partial charge on any atom is 0.338 e. The van der Waals surface area contributed by atoms with Crippen LogP contribution in [0.4, 0.5) is 0 Å². The summed E-state index contributed by atoms with van der Waals surface area (Å²) in [6.07, 6.45) is 1.80. The van der Waals surface area contributed by atoms with Gasteiger partial charge >= 0.3 is 5.97 Å². The van der Waals surface area contributed by atoms with E-state index in [1.807, 2.05) is 79.7 Å². The molecular formula is C31H27ClN2O5S. The van der Waals surface area contributed by atoms with Crippen LogP contribution in [-0.4, -0.2) is 24.3 Å². The fourth-order valence-corrected chi connectivity index (χ4v) is 5.71. The molecule has 1 aromatic heterocycles. The van der Waals surface area contributed by atoms with Crippen LogP contribution in [-0.2, 0) is 16.1 Å². The van der Waals surface area contributed by atoms with Crippen LogP contribution >= 0.6 is 22.9 Å². The molecule has 0 unspecified atom stereocenters. The molecule has 204 valence electrons. The molecule has 0 fully saturated rings. The molecule has 1 aliphatic rings. The SMILES string of the molecule is CCOc1cc(/C=c2\sc3n(c2=O)[C@@H](c2ccccc2)C(C(=O)OC)=C(C)N=3)ccc1OCc1ccc(Cl)cc1. The van der Waals surface area contributed by atoms with Crippen molar-refractivity contribution in [2.24, 2.45) is 4.99 Å². The molecule has 0 radical (unpaired) electrons. The van der Waals surface area contributed by atoms with Crippen molar-refractivity contribution < 1.29 is 19.0 Å². The van der Waals surface area contributed by atoms with Crippen LogP contribution in [0.5, 0.6) is 11.5 Å². The average Bonchev–Trinajstić information content (AvgIpc) is 3.26. The van der Waals surface area contributed by atoms with Crippen LogP contribution in [0.2, 0.25) is 5.02 Å². The van der Waals surface area contributed by atoms with Gasteiger partial charge in [0.15, 0.2) is 16.3 Å². The predicted molar refractivity (Wildman–Crippen MR) is 156 cm³/mol. The Morgan fingerprint density at radius 2 is 1.80 bits per heavy atom. The van der Waals surface area contributed by atoms with Crippen LogP contribution < -0.4 is 24.4 Å². The first-order chi connectivity index (χ1) is 19.4. The second-order valence-corrected chi connectivity index (χ2v) is 10.5. The monoisotopic (exact) mass is 574 g/mol. The van der Waals surface area contributed by atoms with E-state index in [-0.39, 0.29) is 5.56 Å². The number of nitrogens with zero attached hydrogens (tertiary/aromatic N) is 2. The highest BCUT2D eigenvalue weighted by Crippen LogP contribution is 2.31. The Kier molecular flexibility index (Phi) is 8.19. The average molecular weight is 575 g/mol. The Balaban J connectivity index is 1.54. The Bertz CT molecular complexity index is 1760. The first kappa shape index (κ1) is 27.4. The summed E-state index contributed by atoms with van der Waals surface area (Å²) in [6, 6.07) is 21.8. The number of fused-ring (bicyclic) bond motifs is 1. The number of rotatable bonds is 8. The summed E-state index contributed by atoms with van der Waals surface area (Å²) in [5.74, 6) is 0.654. The topological polar surface area (TPSA) is 79.1 Å². The quantitative estimate of drug-likeness (QED) is 0.276. The van der Waals surface area contributed by atoms with Gasteiger partial charge in [-0.3, -0.25) is 9.36 Å². The fourth-order valence-electron chi connectivity index (χ4n) is 4.54. The number of esters is 1. The molecule has 0 saturated heterocycles. The number of benzene rings is 3. The molecule has 0 aliphatic carbocycles. The number of thiazole rings is 1. The van der Waals surface area contributed by atoms with Crippen molar-refractivity contribution in [3.8, 4) is 11.5 Å². The third-order valence-electron chi connectivity index (χ3n) is 6.42. The third kappa shape index (κ3) is 5.59. The zero-order valence-corrected chi connectivity index (χ0v) is 23.8. The van der Waals surface area contributed by atoms with Gasteiger partial charge in [-0.25, -0.2) is 9.79 Å². The molecule has 7 nitrogen and oxygen atoms in total. The first-order valence-electron chi connectivity index (χ1n) is 12.7. The standard InChI is InChI=1S/C31H27ClN2O5S/c1-4-38-25-16-21(12-15-24(25)39-18-20-10-13-23(32)14-11-20)17-26-29(35)34-28(22-8-6-5-7-9-22)27(30(36)37-3)19(2)33-31(34)40-26/h5-17,28H,4,18H2,1-3H3/b26-17-/t28-/m0/s1. The molecule has 0 bridgehead atoms. The van der Waals surface area contributed by atoms with Crippen LogP contribution in [0.25, 0.3) is 6.08 Å². The molecule has 0 N–H and O–H groups in total. The van der Waals surface area contributed by atoms with Crippen LogP contribution in [0.1, 0.15) is 36.6 Å². The van der Waals surface area contributed by atoms with Crippen molar-refractivity contribution in [3.05, 3.63) is 125 Å². The lowest BCUT2D eigenvalue weighted by Gasteiger charge is -2.24. The second kappa shape index (κ2) is 11.9. The van der Waals surface area contributed by atoms with Crippen LogP contribution in [0.15, 0.2) is 93.9 Å². The Morgan fingerprint density at radius 3 is 2.50 bits per heavy atom. The minimum atomic E-state index is -0.644. The molecule has 9 heteroatoms. The number of carbonyl (C=O) groups is 1. The van der Waals surface area contributed by atoms with Gasteiger partial charge in [0.05, 0.1) is 35.6 Å². The lowest BCUT2D eigenvalue weighted by atomic mass is 9.96. The lowest BCUT2D eigenvalue weighted by molar-refractivity contribution is -0.136. The molecule has 40 heavy (non-hydrogen) atoms. The van der Waals surface area contributed by atoms with Crippen molar-refractivity contribution in [1.82, 2.24) is 4.57 Å². The highest BCUT2D eigenvalue weighted by molar-refractivity contribution is 7.07. The highest BCUT2D eigenvalue weighted by Gasteiger charge is 2.32. The van der Waals surface area contributed by atoms with Gasteiger partial charge in [-0.05, 0) is 60.9 Å². The van der Waals surface area contributed by atoms with Crippen molar-refractivity contribution in [3.63, 3.8) is 0 Å². The Morgan fingerprint density at radius 1 is 1.05 bits per heavy atom. The maximum atomic E-state index is 13.8. The molecular weight excluding hydrogens is 548 g/mol. The number of allylic oxidation sites excluding steroid dienone is 1. The van der Waals surface area contributed by atoms with Gasteiger partial charge in [-0.1, -0.05) is 71.5 Å². The van der Waals surface area contributed by atoms with Gasteiger partial charge in [0.1, 0.15) is 6.61 Å². The number of carbonyl (C=O) groups excluding carboxylic acids is 1. The molecule has 0 saturated carbocycles. The predicted octanol–water partition coefficient (Wildman–Crippen LogP) is 5.04. The van der Waals surface area contributed by atoms with Gasteiger partial charge < -0.3 is 14.2 Å². The van der Waals surface area contributed by atoms with E-state index in [4.69, 9.17) is 25.8 Å². The first-order valence-corrected chi connectivity index (χ1v) is 13.9. The molecule has 1 aliphatic heterocycles. The number of halogens is 1. The van der Waals surface area contributed by atoms with E-state index in [9.17, 15) is 9.59 Å². The van der Waals surface area contributed by atoms with Gasteiger partial charge in [0.2, 0.25) is 0 Å². The highest BCUT2D eigenvalue weighted by atomic mass is 35.5. The zero-order valence-electron chi connectivity index (χ0n) is 22.2. The van der Waals surface area contributed by atoms with Crippen molar-refractivity contribution in [1.29, 1.82) is 0 Å². The minimum Gasteiger partial charge on any atom is -0.490 e. The smallest absolute Gasteiger partial charge is 0.338 e. The Hall–Kier alpha value is -4.14. The van der Waals surface area contributed by atoms with Crippen molar-refractivity contribution >= 4 is 35.0 Å². The summed E-state index contributed by atoms with van der Waals surface area (Å²) in [6.45, 7) is 4.47. The van der Waals surface area contributed by atoms with E-state index in [1.54, 1.807) is 17.6 Å². The van der Waals surface area contributed by atoms with E-state index in [1.165, 1.54) is 18.4 Å². The second-order valence-electron chi connectivity index (χ2n) is 9.04. The zero-order chi connectivity index (χ0) is 28.2. The number of methoxy groups -OCH3 is 1. The summed E-state index contributed by atoms with van der Waals surface area (Å²) < 4.78 is 19.0. The molecule has 3 aromatic carbocycles. The van der Waals surface area contributed by atoms with E-state index < -0.39 is 12.0 Å². The lowest BCUT2D eigenvalue weighted by Crippen LogP contribution is -2.39. The molecule has 1 atom stereocenters. The van der Waals surface area contributed by atoms with Gasteiger partial charge in [-0.15, -0.1) is 0 Å². The maximum absolute atomic E-state index is 13.8. The molecule has 0 amide bonds. The third-order valence-corrected chi connectivity index (χ3v) is 7.65. The van der Waals surface area contributed by atoms with Gasteiger partial charge in [0.25, 0.3) is 5.56 Å². The van der Waals surface area contributed by atoms with E-state index in [2.05, 4.69) is 4.99 Å². The molecule has 5 rings (SSSR count). The number of hydrogen-bond acceptors (Lipinski definition) is 7. The largest absolute Gasteiger partial charge is 0.490 e. The summed E-state index contributed by atoms with van der Waals surface area (Å²) in [4.78, 5) is 31.7. The summed E-state index contributed by atoms with van der Waals surface area (Å²) >= 11 is 7.25. The van der Waals surface area contributed by atoms with Crippen molar-refractivity contribution in [2.45, 2.75) is 26.5 Å². The minimum absolute atomic E-state index is 0.243. The molecule has 4 aromatic rings. The fraction of sp³-hybridized carbons (Fsp3) is 0.194. The number of aromatic nitrogens is 1. The van der Waals surface area contributed by atoms with Crippen LogP contribution in [0, 0.1) is 0 Å². The molecule has 2 heterocycles. The summed E-state index contributed by atoms with van der Waals surface area (Å²) in [7, 11) is 1.33. The number of hydrogen-bond donors (Lipinski definition) is 0. The Labute approximate surface area is 240 Å². The summed E-state index contributed by atoms with van der Waals surface area (Å²) in [5.41, 5.74) is 3.17. The normalized spacial score (nSPS) is 14.9. The van der Waals surface area contributed by atoms with Gasteiger partial charge in [0, 0.05) is 5.02 Å². The van der Waals surface area contributed by atoms with E-state index in [0.29, 0.717) is 50.3 Å². The number of ether oxygens (including phenoxy) is 3. The van der Waals surface area contributed by atoms with Crippen molar-refractivity contribution in [2.75, 3.05) is 13.7 Å². The van der Waals surface area contributed by atoms with E-state index in [0.717, 1.165) is 16.7 Å².